The number of methoxy groups -OCH3 is 2. The number of ether oxygens (including phenoxy) is 2. The van der Waals surface area contributed by atoms with Crippen LogP contribution >= 0.6 is 15.9 Å². The number of halogens is 1. The molecule has 3 unspecified atom stereocenters. The minimum atomic E-state index is -0.798. The molecule has 0 aromatic heterocycles. The number of aliphatic hydroxyl groups is 1. The molecule has 0 amide bonds. The molecule has 20 heavy (non-hydrogen) atoms. The molecule has 2 fully saturated rings. The Morgan fingerprint density at radius 2 is 2.10 bits per heavy atom. The van der Waals surface area contributed by atoms with E-state index in [0.29, 0.717) is 5.75 Å². The molecule has 5 heteroatoms. The highest BCUT2D eigenvalue weighted by molar-refractivity contribution is 9.10. The second-order valence-corrected chi connectivity index (χ2v) is 6.42. The Bertz CT molecular complexity index is 522. The summed E-state index contributed by atoms with van der Waals surface area (Å²) in [6.07, 6.45) is 1.80. The van der Waals surface area contributed by atoms with Crippen LogP contribution in [0.1, 0.15) is 18.4 Å². The summed E-state index contributed by atoms with van der Waals surface area (Å²) in [7, 11) is 3.26. The summed E-state index contributed by atoms with van der Waals surface area (Å²) >= 11 is 3.52. The summed E-state index contributed by atoms with van der Waals surface area (Å²) in [5.41, 5.74) is 0.0758. The van der Waals surface area contributed by atoms with Crippen molar-refractivity contribution in [3.63, 3.8) is 0 Å². The van der Waals surface area contributed by atoms with Crippen molar-refractivity contribution < 1.29 is 14.6 Å². The first-order valence-electron chi connectivity index (χ1n) is 6.96. The van der Waals surface area contributed by atoms with E-state index >= 15 is 0 Å². The molecular weight excluding hydrogens is 322 g/mol. The van der Waals surface area contributed by atoms with Gasteiger partial charge in [-0.1, -0.05) is 0 Å². The fraction of sp³-hybridized carbons (Fsp3) is 0.600. The van der Waals surface area contributed by atoms with Crippen molar-refractivity contribution in [2.45, 2.75) is 18.4 Å². The minimum absolute atomic E-state index is 0.283. The molecule has 2 saturated heterocycles. The third-order valence-electron chi connectivity index (χ3n) is 4.71. The smallest absolute Gasteiger partial charge is 0.142 e. The van der Waals surface area contributed by atoms with E-state index in [1.165, 1.54) is 0 Å². The van der Waals surface area contributed by atoms with Gasteiger partial charge in [-0.15, -0.1) is 0 Å². The zero-order chi connectivity index (χ0) is 14.3. The van der Waals surface area contributed by atoms with Gasteiger partial charge in [0.25, 0.3) is 0 Å². The van der Waals surface area contributed by atoms with Crippen LogP contribution in [0.5, 0.6) is 11.5 Å². The third kappa shape index (κ3) is 2.03. The summed E-state index contributed by atoms with van der Waals surface area (Å²) < 4.78 is 11.6. The van der Waals surface area contributed by atoms with Gasteiger partial charge in [0.2, 0.25) is 0 Å². The molecular formula is C15H20BrNO3. The van der Waals surface area contributed by atoms with Gasteiger partial charge in [0.05, 0.1) is 19.8 Å². The average molecular weight is 342 g/mol. The number of piperidine rings is 1. The molecule has 2 bridgehead atoms. The summed E-state index contributed by atoms with van der Waals surface area (Å²) in [6.45, 7) is 3.01. The quantitative estimate of drug-likeness (QED) is 0.916. The van der Waals surface area contributed by atoms with E-state index in [2.05, 4.69) is 20.8 Å². The minimum Gasteiger partial charge on any atom is -0.495 e. The molecule has 0 spiro atoms. The SMILES string of the molecule is COc1ccc(C2(O)CCN3CCC2C3)c(OC)c1Br. The Balaban J connectivity index is 2.07. The molecule has 1 aromatic carbocycles. The van der Waals surface area contributed by atoms with Crippen molar-refractivity contribution in [1.82, 2.24) is 4.90 Å². The van der Waals surface area contributed by atoms with Crippen molar-refractivity contribution >= 4 is 15.9 Å². The molecule has 2 aliphatic rings. The van der Waals surface area contributed by atoms with Gasteiger partial charge in [-0.25, -0.2) is 0 Å². The second kappa shape index (κ2) is 5.20. The maximum Gasteiger partial charge on any atom is 0.142 e. The van der Waals surface area contributed by atoms with Crippen LogP contribution in [0.15, 0.2) is 16.6 Å². The van der Waals surface area contributed by atoms with Crippen molar-refractivity contribution in [3.8, 4) is 11.5 Å². The zero-order valence-electron chi connectivity index (χ0n) is 11.9. The number of hydrogen-bond acceptors (Lipinski definition) is 4. The standard InChI is InChI=1S/C15H20BrNO3/c1-19-12-4-3-11(14(20-2)13(12)16)15(18)6-8-17-7-5-10(15)9-17/h3-4,10,18H,5-9H2,1-2H3. The molecule has 1 N–H and O–H groups in total. The molecule has 1 aromatic rings. The predicted octanol–water partition coefficient (Wildman–Crippen LogP) is 2.38. The fourth-order valence-electron chi connectivity index (χ4n) is 3.55. The van der Waals surface area contributed by atoms with Gasteiger partial charge in [-0.3, -0.25) is 0 Å². The number of fused-ring (bicyclic) bond motifs is 2. The Labute approximate surface area is 127 Å². The van der Waals surface area contributed by atoms with Crippen molar-refractivity contribution in [3.05, 3.63) is 22.2 Å². The van der Waals surface area contributed by atoms with Gasteiger partial charge in [0, 0.05) is 24.6 Å². The monoisotopic (exact) mass is 341 g/mol. The normalized spacial score (nSPS) is 32.2. The topological polar surface area (TPSA) is 41.9 Å². The molecule has 2 heterocycles. The first-order chi connectivity index (χ1) is 9.60. The van der Waals surface area contributed by atoms with E-state index in [-0.39, 0.29) is 5.92 Å². The first-order valence-corrected chi connectivity index (χ1v) is 7.75. The molecule has 2 aliphatic heterocycles. The predicted molar refractivity (Wildman–Crippen MR) is 80.3 cm³/mol. The van der Waals surface area contributed by atoms with Crippen molar-refractivity contribution in [2.75, 3.05) is 33.9 Å². The van der Waals surface area contributed by atoms with E-state index in [9.17, 15) is 5.11 Å². The summed E-state index contributed by atoms with van der Waals surface area (Å²) in [4.78, 5) is 2.42. The Hall–Kier alpha value is -0.780. The highest BCUT2D eigenvalue weighted by atomic mass is 79.9. The summed E-state index contributed by atoms with van der Waals surface area (Å²) in [5.74, 6) is 1.69. The van der Waals surface area contributed by atoms with Crippen LogP contribution in [0.2, 0.25) is 0 Å². The lowest BCUT2D eigenvalue weighted by atomic mass is 9.76. The maximum absolute atomic E-state index is 11.3. The Kier molecular flexibility index (Phi) is 3.69. The number of benzene rings is 1. The fourth-order valence-corrected chi connectivity index (χ4v) is 4.22. The molecule has 0 saturated carbocycles. The maximum atomic E-state index is 11.3. The lowest BCUT2D eigenvalue weighted by Gasteiger charge is -2.40. The van der Waals surface area contributed by atoms with Crippen LogP contribution in [0, 0.1) is 5.92 Å². The Morgan fingerprint density at radius 1 is 1.30 bits per heavy atom. The second-order valence-electron chi connectivity index (χ2n) is 5.62. The lowest BCUT2D eigenvalue weighted by molar-refractivity contribution is -0.0517. The van der Waals surface area contributed by atoms with Crippen molar-refractivity contribution in [1.29, 1.82) is 0 Å². The number of rotatable bonds is 3. The number of nitrogens with zero attached hydrogens (tertiary/aromatic N) is 1. The van der Waals surface area contributed by atoms with Gasteiger partial charge >= 0.3 is 0 Å². The van der Waals surface area contributed by atoms with Crippen LogP contribution in [0.3, 0.4) is 0 Å². The molecule has 110 valence electrons. The van der Waals surface area contributed by atoms with E-state index in [1.54, 1.807) is 14.2 Å². The summed E-state index contributed by atoms with van der Waals surface area (Å²) in [5, 5.41) is 11.3. The molecule has 0 aliphatic carbocycles. The largest absolute Gasteiger partial charge is 0.495 e. The third-order valence-corrected chi connectivity index (χ3v) is 5.46. The van der Waals surface area contributed by atoms with Crippen molar-refractivity contribution in [2.24, 2.45) is 5.92 Å². The highest BCUT2D eigenvalue weighted by Crippen LogP contribution is 2.49. The van der Waals surface area contributed by atoms with Gasteiger partial charge in [-0.2, -0.15) is 0 Å². The Morgan fingerprint density at radius 3 is 2.80 bits per heavy atom. The van der Waals surface area contributed by atoms with Gasteiger partial charge in [-0.05, 0) is 47.4 Å². The number of hydrogen-bond donors (Lipinski definition) is 1. The van der Waals surface area contributed by atoms with E-state index in [4.69, 9.17) is 9.47 Å². The van der Waals surface area contributed by atoms with E-state index in [1.807, 2.05) is 12.1 Å². The van der Waals surface area contributed by atoms with E-state index in [0.717, 1.165) is 48.3 Å². The molecule has 3 rings (SSSR count). The van der Waals surface area contributed by atoms with Crippen LogP contribution in [0.25, 0.3) is 0 Å². The lowest BCUT2D eigenvalue weighted by Crippen LogP contribution is -2.44. The van der Waals surface area contributed by atoms with Gasteiger partial charge in [0.15, 0.2) is 0 Å². The zero-order valence-corrected chi connectivity index (χ0v) is 13.4. The molecule has 4 nitrogen and oxygen atoms in total. The highest BCUT2D eigenvalue weighted by Gasteiger charge is 2.47. The van der Waals surface area contributed by atoms with Crippen LogP contribution in [0.4, 0.5) is 0 Å². The van der Waals surface area contributed by atoms with Gasteiger partial charge < -0.3 is 19.5 Å². The first kappa shape index (κ1) is 14.2. The average Bonchev–Trinajstić information content (AvgIpc) is 2.88. The van der Waals surface area contributed by atoms with Crippen LogP contribution < -0.4 is 9.47 Å². The van der Waals surface area contributed by atoms with E-state index < -0.39 is 5.60 Å². The van der Waals surface area contributed by atoms with Crippen LogP contribution in [-0.2, 0) is 5.60 Å². The summed E-state index contributed by atoms with van der Waals surface area (Å²) in [6, 6.07) is 3.83. The molecule has 3 atom stereocenters. The van der Waals surface area contributed by atoms with Crippen LogP contribution in [-0.4, -0.2) is 43.9 Å². The van der Waals surface area contributed by atoms with Gasteiger partial charge in [0.1, 0.15) is 16.0 Å². The molecule has 0 radical (unpaired) electrons.